The van der Waals surface area contributed by atoms with E-state index >= 15 is 0 Å². The molecule has 1 unspecified atom stereocenters. The minimum Gasteiger partial charge on any atom is -0.481 e. The fraction of sp³-hybridized carbons (Fsp3) is 0.562. The van der Waals surface area contributed by atoms with Crippen molar-refractivity contribution in [3.63, 3.8) is 0 Å². The van der Waals surface area contributed by atoms with Gasteiger partial charge in [0.1, 0.15) is 0 Å². The number of carboxylic acids is 1. The molecule has 1 aromatic carbocycles. The zero-order valence-electron chi connectivity index (χ0n) is 24.4. The largest absolute Gasteiger partial charge is 0.481 e. The van der Waals surface area contributed by atoms with Crippen LogP contribution in [0.2, 0.25) is 5.02 Å². The second kappa shape index (κ2) is 12.3. The van der Waals surface area contributed by atoms with E-state index < -0.39 is 41.1 Å². The summed E-state index contributed by atoms with van der Waals surface area (Å²) in [6, 6.07) is 4.42. The van der Waals surface area contributed by atoms with E-state index in [-0.39, 0.29) is 54.8 Å². The molecule has 1 aromatic heterocycles. The van der Waals surface area contributed by atoms with Gasteiger partial charge in [-0.25, -0.2) is 0 Å². The molecule has 3 atom stereocenters. The molecule has 4 rings (SSSR count). The highest BCUT2D eigenvalue weighted by atomic mass is 35.5. The predicted octanol–water partition coefficient (Wildman–Crippen LogP) is 8.52. The van der Waals surface area contributed by atoms with Crippen molar-refractivity contribution in [2.45, 2.75) is 91.3 Å². The Balaban J connectivity index is 1.63. The van der Waals surface area contributed by atoms with Crippen LogP contribution in [0.1, 0.15) is 110 Å². The van der Waals surface area contributed by atoms with Gasteiger partial charge in [0, 0.05) is 12.0 Å². The zero-order valence-corrected chi connectivity index (χ0v) is 25.2. The van der Waals surface area contributed by atoms with Crippen molar-refractivity contribution in [3.05, 3.63) is 63.5 Å². The number of aryl methyl sites for hydroxylation is 1. The van der Waals surface area contributed by atoms with E-state index in [0.717, 1.165) is 23.7 Å². The molecule has 1 heterocycles. The summed E-state index contributed by atoms with van der Waals surface area (Å²) >= 11 is 6.27. The summed E-state index contributed by atoms with van der Waals surface area (Å²) in [5.41, 5.74) is -0.276. The average Bonchev–Trinajstić information content (AvgIpc) is 3.33. The Morgan fingerprint density at radius 2 is 1.86 bits per heavy atom. The molecule has 0 spiro atoms. The number of Topliss-reactive ketones (excluding diaryl/α,β-unsaturated/α-hetero) is 2. The highest BCUT2D eigenvalue weighted by Gasteiger charge is 2.44. The number of benzene rings is 1. The Hall–Kier alpha value is -2.94. The van der Waals surface area contributed by atoms with Crippen molar-refractivity contribution in [2.75, 3.05) is 0 Å². The van der Waals surface area contributed by atoms with E-state index in [1.54, 1.807) is 38.1 Å². The lowest BCUT2D eigenvalue weighted by atomic mass is 9.63. The van der Waals surface area contributed by atoms with E-state index in [1.807, 2.05) is 0 Å². The second-order valence-corrected chi connectivity index (χ2v) is 13.2. The number of ketones is 2. The van der Waals surface area contributed by atoms with Crippen LogP contribution >= 0.6 is 11.6 Å². The van der Waals surface area contributed by atoms with Crippen molar-refractivity contribution in [1.82, 2.24) is 9.78 Å². The standard InChI is InChI=1S/C32H38ClF3N2O4/c1-18-6-5-7-25(33)27(18)26(39)13-10-21(9-8-20-15-31(3,4)16-20)28(40)24-17-37-38(29(24)32(34,35)36)22-11-12-23(30(41)42)19(2)14-22/h5-7,9,17,19-20,22-23H,8,10-16H2,1-4H3,(H,41,42)/b21-9-/t19-,22?,23+/m1/s1. The number of carbonyl (C=O) groups is 3. The lowest BCUT2D eigenvalue weighted by Crippen LogP contribution is -2.32. The van der Waals surface area contributed by atoms with Crippen LogP contribution in [0.25, 0.3) is 0 Å². The van der Waals surface area contributed by atoms with Crippen LogP contribution in [0.5, 0.6) is 0 Å². The molecule has 0 amide bonds. The number of rotatable bonds is 10. The van der Waals surface area contributed by atoms with Gasteiger partial charge < -0.3 is 5.11 Å². The summed E-state index contributed by atoms with van der Waals surface area (Å²) in [5, 5.41) is 13.8. The maximum Gasteiger partial charge on any atom is 0.433 e. The minimum absolute atomic E-state index is 0.0261. The van der Waals surface area contributed by atoms with Crippen molar-refractivity contribution in [2.24, 2.45) is 23.2 Å². The van der Waals surface area contributed by atoms with Crippen LogP contribution < -0.4 is 0 Å². The first kappa shape index (κ1) is 32.0. The highest BCUT2D eigenvalue weighted by molar-refractivity contribution is 6.34. The smallest absolute Gasteiger partial charge is 0.433 e. The Kier molecular flexibility index (Phi) is 9.40. The van der Waals surface area contributed by atoms with Crippen molar-refractivity contribution >= 4 is 29.1 Å². The molecule has 2 fully saturated rings. The number of aromatic nitrogens is 2. The molecule has 0 aliphatic heterocycles. The molecule has 2 aliphatic rings. The third-order valence-corrected chi connectivity index (χ3v) is 9.22. The number of hydrogen-bond donors (Lipinski definition) is 1. The van der Waals surface area contributed by atoms with Crippen LogP contribution in [0.4, 0.5) is 13.2 Å². The van der Waals surface area contributed by atoms with Crippen LogP contribution in [0, 0.1) is 30.1 Å². The molecule has 42 heavy (non-hydrogen) atoms. The fourth-order valence-electron chi connectivity index (χ4n) is 6.86. The van der Waals surface area contributed by atoms with Gasteiger partial charge in [-0.1, -0.05) is 50.6 Å². The molecule has 0 saturated heterocycles. The summed E-state index contributed by atoms with van der Waals surface area (Å²) in [6.45, 7) is 7.78. The number of aliphatic carboxylic acids is 1. The number of alkyl halides is 3. The van der Waals surface area contributed by atoms with Crippen molar-refractivity contribution < 1.29 is 32.7 Å². The summed E-state index contributed by atoms with van der Waals surface area (Å²) in [4.78, 5) is 38.5. The molecule has 2 saturated carbocycles. The van der Waals surface area contributed by atoms with Gasteiger partial charge in [-0.3, -0.25) is 19.1 Å². The maximum absolute atomic E-state index is 14.5. The number of carbonyl (C=O) groups excluding carboxylic acids is 2. The van der Waals surface area contributed by atoms with Gasteiger partial charge in [0.05, 0.1) is 28.7 Å². The van der Waals surface area contributed by atoms with Crippen LogP contribution in [-0.2, 0) is 11.0 Å². The number of nitrogens with zero attached hydrogens (tertiary/aromatic N) is 2. The first-order chi connectivity index (χ1) is 19.6. The Morgan fingerprint density at radius 1 is 1.17 bits per heavy atom. The zero-order chi connectivity index (χ0) is 31.0. The van der Waals surface area contributed by atoms with E-state index in [0.29, 0.717) is 28.5 Å². The molecule has 6 nitrogen and oxygen atoms in total. The van der Waals surface area contributed by atoms with E-state index in [1.165, 1.54) is 0 Å². The molecule has 10 heteroatoms. The maximum atomic E-state index is 14.5. The van der Waals surface area contributed by atoms with Gasteiger partial charge in [-0.2, -0.15) is 18.3 Å². The Morgan fingerprint density at radius 3 is 2.43 bits per heavy atom. The van der Waals surface area contributed by atoms with Gasteiger partial charge in [-0.05, 0) is 86.3 Å². The quantitative estimate of drug-likeness (QED) is 0.216. The third-order valence-electron chi connectivity index (χ3n) is 8.91. The number of allylic oxidation sites excluding steroid dienone is 2. The monoisotopic (exact) mass is 606 g/mol. The summed E-state index contributed by atoms with van der Waals surface area (Å²) in [6.07, 6.45) is 0.800. The number of carboxylic acid groups (broad SMARTS) is 1. The van der Waals surface area contributed by atoms with Crippen LogP contribution in [-0.4, -0.2) is 32.4 Å². The number of halogens is 4. The van der Waals surface area contributed by atoms with Crippen molar-refractivity contribution in [3.8, 4) is 0 Å². The Labute approximate surface area is 249 Å². The molecule has 2 aliphatic carbocycles. The molecule has 228 valence electrons. The summed E-state index contributed by atoms with van der Waals surface area (Å²) in [7, 11) is 0. The predicted molar refractivity (Wildman–Crippen MR) is 154 cm³/mol. The Bertz CT molecular complexity index is 1370. The van der Waals surface area contributed by atoms with Crippen LogP contribution in [0.15, 0.2) is 36.0 Å². The first-order valence-corrected chi connectivity index (χ1v) is 14.9. The molecule has 1 N–H and O–H groups in total. The van der Waals surface area contributed by atoms with Gasteiger partial charge in [0.2, 0.25) is 0 Å². The highest BCUT2D eigenvalue weighted by Crippen LogP contribution is 2.47. The van der Waals surface area contributed by atoms with Gasteiger partial charge >= 0.3 is 12.1 Å². The third kappa shape index (κ3) is 6.99. The van der Waals surface area contributed by atoms with Crippen molar-refractivity contribution in [1.29, 1.82) is 0 Å². The minimum atomic E-state index is -4.86. The van der Waals surface area contributed by atoms with E-state index in [9.17, 15) is 32.7 Å². The normalized spacial score (nSPS) is 23.0. The molecule has 0 bridgehead atoms. The average molecular weight is 607 g/mol. The van der Waals surface area contributed by atoms with Gasteiger partial charge in [-0.15, -0.1) is 0 Å². The fourth-order valence-corrected chi connectivity index (χ4v) is 7.19. The number of hydrogen-bond acceptors (Lipinski definition) is 4. The first-order valence-electron chi connectivity index (χ1n) is 14.5. The van der Waals surface area contributed by atoms with E-state index in [2.05, 4.69) is 18.9 Å². The summed E-state index contributed by atoms with van der Waals surface area (Å²) < 4.78 is 44.4. The second-order valence-electron chi connectivity index (χ2n) is 12.8. The lowest BCUT2D eigenvalue weighted by Gasteiger charge is -2.42. The molecule has 2 aromatic rings. The SMILES string of the molecule is Cc1cccc(Cl)c1C(=O)CC/C(=C/CC1CC(C)(C)C1)C(=O)c1cnn(C2CC[C@H](C(=O)O)[C@H](C)C2)c1C(F)(F)F. The van der Waals surface area contributed by atoms with Gasteiger partial charge in [0.25, 0.3) is 0 Å². The molecular weight excluding hydrogens is 569 g/mol. The van der Waals surface area contributed by atoms with Gasteiger partial charge in [0.15, 0.2) is 17.3 Å². The molecule has 0 radical (unpaired) electrons. The van der Waals surface area contributed by atoms with E-state index in [4.69, 9.17) is 11.6 Å². The van der Waals surface area contributed by atoms with Crippen LogP contribution in [0.3, 0.4) is 0 Å². The molecular formula is C32H38ClF3N2O4. The lowest BCUT2D eigenvalue weighted by molar-refractivity contribution is -0.148. The summed E-state index contributed by atoms with van der Waals surface area (Å²) in [5.74, 6) is -2.68. The topological polar surface area (TPSA) is 89.3 Å².